The molecule has 0 unspecified atom stereocenters. The first kappa shape index (κ1) is 16.4. The second-order valence-corrected chi connectivity index (χ2v) is 0. The van der Waals surface area contributed by atoms with E-state index in [-0.39, 0.29) is 58.8 Å². The zero-order chi connectivity index (χ0) is 2.00. The summed E-state index contributed by atoms with van der Waals surface area (Å²) in [5, 5.41) is 0. The first-order valence-corrected chi connectivity index (χ1v) is 0.561. The molecular weight excluding hydrogens is 270 g/mol. The topological polar surface area (TPSA) is 17.1 Å². The summed E-state index contributed by atoms with van der Waals surface area (Å²) in [7, 11) is 0. The van der Waals surface area contributed by atoms with Crippen molar-refractivity contribution in [1.82, 2.24) is 0 Å². The van der Waals surface area contributed by atoms with Gasteiger partial charge in [-0.15, -0.1) is 0 Å². The van der Waals surface area contributed by atoms with Crippen LogP contribution >= 0.6 is 0 Å². The van der Waals surface area contributed by atoms with Gasteiger partial charge in [0, 0.05) is 58.8 Å². The second-order valence-electron chi connectivity index (χ2n) is 0. The molecule has 0 aromatic rings. The quantitative estimate of drug-likeness (QED) is 0.561. The summed E-state index contributed by atoms with van der Waals surface area (Å²) in [6.45, 7) is 0. The molecule has 26 valence electrons. The van der Waals surface area contributed by atoms with Gasteiger partial charge in [-0.2, -0.15) is 0 Å². The van der Waals surface area contributed by atoms with E-state index in [2.05, 4.69) is 15.7 Å². The van der Waals surface area contributed by atoms with Gasteiger partial charge in [-0.25, -0.2) is 0 Å². The van der Waals surface area contributed by atoms with Crippen LogP contribution in [-0.4, -0.2) is 0 Å². The molecule has 1 radical (unpaired) electrons. The van der Waals surface area contributed by atoms with E-state index in [9.17, 15) is 0 Å². The SMILES string of the molecule is [Ce].[Mn].[O]=[Co]. The average molecular weight is 270 g/mol. The molecule has 0 saturated carbocycles. The molecule has 0 aliphatic carbocycles. The average Bonchev–Trinajstić information content (AvgIpc) is 1.00. The molecule has 0 spiro atoms. The number of rotatable bonds is 0. The van der Waals surface area contributed by atoms with Crippen molar-refractivity contribution in [3.05, 3.63) is 0 Å². The van der Waals surface area contributed by atoms with Gasteiger partial charge in [0.25, 0.3) is 0 Å². The van der Waals surface area contributed by atoms with Crippen LogP contribution in [0.15, 0.2) is 0 Å². The standard InChI is InChI=1S/Ce.Co.Mn.O. The van der Waals surface area contributed by atoms with Gasteiger partial charge in [0.2, 0.25) is 0 Å². The second kappa shape index (κ2) is 18.9. The van der Waals surface area contributed by atoms with Crippen LogP contribution in [0.2, 0.25) is 0 Å². The van der Waals surface area contributed by atoms with Crippen LogP contribution in [-0.2, 0) is 36.6 Å². The van der Waals surface area contributed by atoms with Gasteiger partial charge in [-0.1, -0.05) is 0 Å². The van der Waals surface area contributed by atoms with Gasteiger partial charge in [-0.3, -0.25) is 0 Å². The van der Waals surface area contributed by atoms with Crippen molar-refractivity contribution < 1.29 is 78.3 Å². The molecule has 0 aromatic carbocycles. The van der Waals surface area contributed by atoms with Gasteiger partial charge in [-0.05, 0) is 0 Å². The Bertz CT molecular complexity index is 8.00. The normalized spacial score (nSPS) is 1.25. The van der Waals surface area contributed by atoms with Crippen LogP contribution in [0.5, 0.6) is 0 Å². The Hall–Kier alpha value is 2.20. The summed E-state index contributed by atoms with van der Waals surface area (Å²) in [4.78, 5) is 0. The fourth-order valence-electron chi connectivity index (χ4n) is 0. The Kier molecular flexibility index (Phi) is 77.5. The van der Waals surface area contributed by atoms with Crippen LogP contribution in [0.3, 0.4) is 0 Å². The molecule has 4 heteroatoms. The predicted molar refractivity (Wildman–Crippen MR) is 0.686 cm³/mol. The summed E-state index contributed by atoms with van der Waals surface area (Å²) < 4.78 is 7.94. The molecule has 0 saturated heterocycles. The fourth-order valence-corrected chi connectivity index (χ4v) is 0. The minimum absolute atomic E-state index is 0. The maximum atomic E-state index is 7.94. The molecular formula is CeCoMnO. The maximum absolute atomic E-state index is 7.94. The predicted octanol–water partition coefficient (Wildman–Crippen LogP) is -0.124. The first-order valence-electron chi connectivity index (χ1n) is 0.136. The Balaban J connectivity index is -0.00000000500. The minimum atomic E-state index is 0. The van der Waals surface area contributed by atoms with E-state index < -0.39 is 0 Å². The molecule has 0 N–H and O–H groups in total. The monoisotopic (exact) mass is 270 g/mol. The molecule has 0 atom stereocenters. The Morgan fingerprint density at radius 3 is 1.25 bits per heavy atom. The van der Waals surface area contributed by atoms with Gasteiger partial charge in [0.05, 0.1) is 0 Å². The van der Waals surface area contributed by atoms with Crippen LogP contribution < -0.4 is 0 Å². The van der Waals surface area contributed by atoms with Crippen LogP contribution in [0.25, 0.3) is 0 Å². The molecule has 0 heterocycles. The Morgan fingerprint density at radius 1 is 1.25 bits per heavy atom. The van der Waals surface area contributed by atoms with E-state index in [4.69, 9.17) is 3.87 Å². The zero-order valence-electron chi connectivity index (χ0n) is 1.62. The number of hydrogen-bond donors (Lipinski definition) is 0. The van der Waals surface area contributed by atoms with Crippen molar-refractivity contribution in [3.63, 3.8) is 0 Å². The van der Waals surface area contributed by atoms with Crippen molar-refractivity contribution in [2.24, 2.45) is 0 Å². The molecule has 0 amide bonds. The Labute approximate surface area is 76.9 Å². The third-order valence-corrected chi connectivity index (χ3v) is 0. The summed E-state index contributed by atoms with van der Waals surface area (Å²) in [6.07, 6.45) is 0. The van der Waals surface area contributed by atoms with Crippen molar-refractivity contribution in [1.29, 1.82) is 0 Å². The molecule has 0 rings (SSSR count). The van der Waals surface area contributed by atoms with E-state index in [1.807, 2.05) is 0 Å². The van der Waals surface area contributed by atoms with Gasteiger partial charge in [0.15, 0.2) is 0 Å². The zero-order valence-corrected chi connectivity index (χ0v) is 6.98. The van der Waals surface area contributed by atoms with Crippen LogP contribution in [0.1, 0.15) is 0 Å². The van der Waals surface area contributed by atoms with Crippen molar-refractivity contribution in [2.45, 2.75) is 0 Å². The molecule has 0 aliphatic heterocycles. The summed E-state index contributed by atoms with van der Waals surface area (Å²) >= 11 is 2.31. The Morgan fingerprint density at radius 2 is 1.25 bits per heavy atom. The van der Waals surface area contributed by atoms with Gasteiger partial charge < -0.3 is 0 Å². The van der Waals surface area contributed by atoms with Gasteiger partial charge >= 0.3 is 19.5 Å². The van der Waals surface area contributed by atoms with Crippen molar-refractivity contribution >= 4 is 0 Å². The van der Waals surface area contributed by atoms with E-state index in [1.54, 1.807) is 0 Å². The molecule has 0 aromatic heterocycles. The van der Waals surface area contributed by atoms with Crippen LogP contribution in [0, 0.1) is 41.7 Å². The third-order valence-electron chi connectivity index (χ3n) is 0. The van der Waals surface area contributed by atoms with Crippen molar-refractivity contribution in [2.75, 3.05) is 0 Å². The van der Waals surface area contributed by atoms with Gasteiger partial charge in [0.1, 0.15) is 0 Å². The molecule has 1 nitrogen and oxygen atoms in total. The third kappa shape index (κ3) is 8.88. The fraction of sp³-hybridized carbons (Fsp3) is 0. The molecule has 0 fully saturated rings. The molecule has 0 aliphatic rings. The first-order chi connectivity index (χ1) is 1.00. The van der Waals surface area contributed by atoms with E-state index in [0.29, 0.717) is 0 Å². The van der Waals surface area contributed by atoms with E-state index in [1.165, 1.54) is 0 Å². The van der Waals surface area contributed by atoms with Crippen LogP contribution in [0.4, 0.5) is 0 Å². The summed E-state index contributed by atoms with van der Waals surface area (Å²) in [6, 6.07) is 0. The van der Waals surface area contributed by atoms with Crippen molar-refractivity contribution in [3.8, 4) is 0 Å². The molecule has 0 bridgehead atoms. The molecule has 4 heavy (non-hydrogen) atoms. The van der Waals surface area contributed by atoms with E-state index >= 15 is 0 Å². The number of hydrogen-bond acceptors (Lipinski definition) is 1. The van der Waals surface area contributed by atoms with E-state index in [0.717, 1.165) is 0 Å². The summed E-state index contributed by atoms with van der Waals surface area (Å²) in [5.74, 6) is 0. The summed E-state index contributed by atoms with van der Waals surface area (Å²) in [5.41, 5.74) is 0.